The maximum atomic E-state index is 11.5. The van der Waals surface area contributed by atoms with Gasteiger partial charge in [-0.1, -0.05) is 13.8 Å². The first-order chi connectivity index (χ1) is 7.13. The zero-order chi connectivity index (χ0) is 11.3. The molecular weight excluding hydrogens is 188 g/mol. The molecule has 1 fully saturated rings. The van der Waals surface area contributed by atoms with E-state index in [-0.39, 0.29) is 11.8 Å². The van der Waals surface area contributed by atoms with Gasteiger partial charge in [0, 0.05) is 18.5 Å². The first-order valence-corrected chi connectivity index (χ1v) is 6.14. The van der Waals surface area contributed by atoms with Crippen LogP contribution in [0.25, 0.3) is 0 Å². The first kappa shape index (κ1) is 12.5. The van der Waals surface area contributed by atoms with E-state index in [1.54, 1.807) is 0 Å². The monoisotopic (exact) mass is 212 g/mol. The van der Waals surface area contributed by atoms with E-state index >= 15 is 0 Å². The second-order valence-electron chi connectivity index (χ2n) is 4.81. The van der Waals surface area contributed by atoms with Gasteiger partial charge in [-0.15, -0.1) is 0 Å². The number of piperidine rings is 1. The van der Waals surface area contributed by atoms with Gasteiger partial charge in [0.05, 0.1) is 0 Å². The van der Waals surface area contributed by atoms with Gasteiger partial charge in [-0.05, 0) is 38.6 Å². The van der Waals surface area contributed by atoms with Crippen LogP contribution in [0.1, 0.15) is 40.0 Å². The van der Waals surface area contributed by atoms with Crippen molar-refractivity contribution in [3.63, 3.8) is 0 Å². The van der Waals surface area contributed by atoms with E-state index in [1.807, 2.05) is 13.8 Å². The van der Waals surface area contributed by atoms with E-state index < -0.39 is 0 Å². The molecule has 0 spiro atoms. The van der Waals surface area contributed by atoms with Crippen LogP contribution in [0.5, 0.6) is 0 Å². The molecular formula is C12H24N2O. The Hall–Kier alpha value is -0.570. The SMILES string of the molecule is CCC(C)C(=O)NCC1CCC(C)NC1. The molecule has 1 heterocycles. The minimum absolute atomic E-state index is 0.153. The highest BCUT2D eigenvalue weighted by molar-refractivity contribution is 5.78. The van der Waals surface area contributed by atoms with Gasteiger partial charge >= 0.3 is 0 Å². The molecule has 3 unspecified atom stereocenters. The Labute approximate surface area is 93.0 Å². The molecule has 3 heteroatoms. The quantitative estimate of drug-likeness (QED) is 0.742. The molecule has 0 saturated carbocycles. The predicted molar refractivity (Wildman–Crippen MR) is 62.7 cm³/mol. The van der Waals surface area contributed by atoms with Crippen LogP contribution in [0, 0.1) is 11.8 Å². The van der Waals surface area contributed by atoms with Gasteiger partial charge in [0.25, 0.3) is 0 Å². The number of hydrogen-bond donors (Lipinski definition) is 2. The summed E-state index contributed by atoms with van der Waals surface area (Å²) < 4.78 is 0. The molecule has 1 rings (SSSR count). The molecule has 1 saturated heterocycles. The third kappa shape index (κ3) is 4.20. The van der Waals surface area contributed by atoms with Crippen LogP contribution in [0.3, 0.4) is 0 Å². The minimum atomic E-state index is 0.153. The van der Waals surface area contributed by atoms with Gasteiger partial charge in [-0.25, -0.2) is 0 Å². The molecule has 1 aliphatic rings. The van der Waals surface area contributed by atoms with E-state index in [2.05, 4.69) is 17.6 Å². The Morgan fingerprint density at radius 3 is 2.80 bits per heavy atom. The van der Waals surface area contributed by atoms with Crippen molar-refractivity contribution in [2.75, 3.05) is 13.1 Å². The van der Waals surface area contributed by atoms with Gasteiger partial charge in [0.15, 0.2) is 0 Å². The molecule has 0 aliphatic carbocycles. The number of carbonyl (C=O) groups is 1. The molecule has 3 nitrogen and oxygen atoms in total. The molecule has 0 radical (unpaired) electrons. The third-order valence-electron chi connectivity index (χ3n) is 3.39. The molecule has 1 amide bonds. The summed E-state index contributed by atoms with van der Waals surface area (Å²) in [5.41, 5.74) is 0. The number of hydrogen-bond acceptors (Lipinski definition) is 2. The molecule has 2 N–H and O–H groups in total. The zero-order valence-electron chi connectivity index (χ0n) is 10.2. The predicted octanol–water partition coefficient (Wildman–Crippen LogP) is 1.54. The molecule has 0 aromatic rings. The Kier molecular flexibility index (Phi) is 5.09. The van der Waals surface area contributed by atoms with Gasteiger partial charge in [0.2, 0.25) is 5.91 Å². The van der Waals surface area contributed by atoms with Gasteiger partial charge in [-0.3, -0.25) is 4.79 Å². The fraction of sp³-hybridized carbons (Fsp3) is 0.917. The average Bonchev–Trinajstić information content (AvgIpc) is 2.26. The van der Waals surface area contributed by atoms with E-state index in [9.17, 15) is 4.79 Å². The average molecular weight is 212 g/mol. The summed E-state index contributed by atoms with van der Waals surface area (Å²) in [5.74, 6) is 0.978. The fourth-order valence-corrected chi connectivity index (χ4v) is 1.84. The summed E-state index contributed by atoms with van der Waals surface area (Å²) in [6.45, 7) is 8.13. The highest BCUT2D eigenvalue weighted by Crippen LogP contribution is 2.13. The van der Waals surface area contributed by atoms with Gasteiger partial charge in [-0.2, -0.15) is 0 Å². The molecule has 3 atom stereocenters. The molecule has 15 heavy (non-hydrogen) atoms. The maximum absolute atomic E-state index is 11.5. The van der Waals surface area contributed by atoms with Crippen molar-refractivity contribution < 1.29 is 4.79 Å². The highest BCUT2D eigenvalue weighted by Gasteiger charge is 2.18. The maximum Gasteiger partial charge on any atom is 0.222 e. The smallest absolute Gasteiger partial charge is 0.222 e. The molecule has 0 aromatic carbocycles. The van der Waals surface area contributed by atoms with E-state index in [4.69, 9.17) is 0 Å². The number of nitrogens with one attached hydrogen (secondary N) is 2. The lowest BCUT2D eigenvalue weighted by Gasteiger charge is -2.28. The normalized spacial score (nSPS) is 28.5. The van der Waals surface area contributed by atoms with Gasteiger partial charge in [0.1, 0.15) is 0 Å². The van der Waals surface area contributed by atoms with Crippen molar-refractivity contribution in [3.05, 3.63) is 0 Å². The lowest BCUT2D eigenvalue weighted by atomic mass is 9.95. The van der Waals surface area contributed by atoms with Crippen molar-refractivity contribution in [1.29, 1.82) is 0 Å². The van der Waals surface area contributed by atoms with Crippen LogP contribution in [0.4, 0.5) is 0 Å². The second kappa shape index (κ2) is 6.11. The lowest BCUT2D eigenvalue weighted by Crippen LogP contribution is -2.42. The van der Waals surface area contributed by atoms with Gasteiger partial charge < -0.3 is 10.6 Å². The number of amides is 1. The fourth-order valence-electron chi connectivity index (χ4n) is 1.84. The second-order valence-corrected chi connectivity index (χ2v) is 4.81. The van der Waals surface area contributed by atoms with Crippen LogP contribution in [0.2, 0.25) is 0 Å². The van der Waals surface area contributed by atoms with Crippen molar-refractivity contribution in [2.24, 2.45) is 11.8 Å². The van der Waals surface area contributed by atoms with Crippen LogP contribution < -0.4 is 10.6 Å². The molecule has 88 valence electrons. The summed E-state index contributed by atoms with van der Waals surface area (Å²) in [5, 5.41) is 6.49. The summed E-state index contributed by atoms with van der Waals surface area (Å²) >= 11 is 0. The zero-order valence-corrected chi connectivity index (χ0v) is 10.2. The third-order valence-corrected chi connectivity index (χ3v) is 3.39. The molecule has 1 aliphatic heterocycles. The topological polar surface area (TPSA) is 41.1 Å². The van der Waals surface area contributed by atoms with E-state index in [0.717, 1.165) is 19.5 Å². The Morgan fingerprint density at radius 1 is 1.53 bits per heavy atom. The minimum Gasteiger partial charge on any atom is -0.356 e. The first-order valence-electron chi connectivity index (χ1n) is 6.14. The van der Waals surface area contributed by atoms with Crippen molar-refractivity contribution in [1.82, 2.24) is 10.6 Å². The Morgan fingerprint density at radius 2 is 2.27 bits per heavy atom. The summed E-state index contributed by atoms with van der Waals surface area (Å²) in [4.78, 5) is 11.5. The van der Waals surface area contributed by atoms with Crippen molar-refractivity contribution >= 4 is 5.91 Å². The van der Waals surface area contributed by atoms with E-state index in [1.165, 1.54) is 12.8 Å². The van der Waals surface area contributed by atoms with Crippen LogP contribution >= 0.6 is 0 Å². The van der Waals surface area contributed by atoms with Crippen LogP contribution in [0.15, 0.2) is 0 Å². The highest BCUT2D eigenvalue weighted by atomic mass is 16.1. The lowest BCUT2D eigenvalue weighted by molar-refractivity contribution is -0.124. The van der Waals surface area contributed by atoms with Crippen molar-refractivity contribution in [3.8, 4) is 0 Å². The summed E-state index contributed by atoms with van der Waals surface area (Å²) in [6.07, 6.45) is 3.38. The van der Waals surface area contributed by atoms with Crippen LogP contribution in [-0.4, -0.2) is 25.0 Å². The van der Waals surface area contributed by atoms with Crippen molar-refractivity contribution in [2.45, 2.75) is 46.1 Å². The summed E-state index contributed by atoms with van der Waals surface area (Å²) in [6, 6.07) is 0.645. The molecule has 0 aromatic heterocycles. The largest absolute Gasteiger partial charge is 0.356 e. The standard InChI is InChI=1S/C12H24N2O/c1-4-9(2)12(15)14-8-11-6-5-10(3)13-7-11/h9-11,13H,4-8H2,1-3H3,(H,14,15). The number of rotatable bonds is 4. The van der Waals surface area contributed by atoms with Crippen LogP contribution in [-0.2, 0) is 4.79 Å². The Bertz CT molecular complexity index is 198. The summed E-state index contributed by atoms with van der Waals surface area (Å²) in [7, 11) is 0. The Balaban J connectivity index is 2.17. The van der Waals surface area contributed by atoms with E-state index in [0.29, 0.717) is 12.0 Å². The molecule has 0 bridgehead atoms. The number of carbonyl (C=O) groups excluding carboxylic acids is 1.